The minimum absolute atomic E-state index is 0.0315. The minimum atomic E-state index is -2.67. The van der Waals surface area contributed by atoms with Crippen molar-refractivity contribution in [3.8, 4) is 16.9 Å². The van der Waals surface area contributed by atoms with Gasteiger partial charge in [0.2, 0.25) is 5.78 Å². The summed E-state index contributed by atoms with van der Waals surface area (Å²) >= 11 is 0. The predicted molar refractivity (Wildman–Crippen MR) is 183 cm³/mol. The summed E-state index contributed by atoms with van der Waals surface area (Å²) < 4.78 is 0. The summed E-state index contributed by atoms with van der Waals surface area (Å²) in [5, 5.41) is 51.6. The normalized spacial score (nSPS) is 24.5. The lowest BCUT2D eigenvalue weighted by Gasteiger charge is -2.50. The second-order valence-electron chi connectivity index (χ2n) is 13.5. The molecule has 0 bridgehead atoms. The zero-order valence-electron chi connectivity index (χ0n) is 27.7. The molecule has 0 radical (unpaired) electrons. The molecule has 252 valence electrons. The number of aromatic hydroxyl groups is 1. The van der Waals surface area contributed by atoms with E-state index in [9.17, 15) is 34.8 Å². The van der Waals surface area contributed by atoms with Crippen LogP contribution in [0.3, 0.4) is 0 Å². The molecule has 3 aromatic rings. The Morgan fingerprint density at radius 2 is 1.71 bits per heavy atom. The van der Waals surface area contributed by atoms with Gasteiger partial charge in [0.25, 0.3) is 5.91 Å². The van der Waals surface area contributed by atoms with E-state index < -0.39 is 58.0 Å². The number of fused-ring (bicyclic) bond motifs is 4. The van der Waals surface area contributed by atoms with Crippen molar-refractivity contribution in [2.24, 2.45) is 17.6 Å². The summed E-state index contributed by atoms with van der Waals surface area (Å²) in [5.41, 5.74) is 5.37. The van der Waals surface area contributed by atoms with Gasteiger partial charge in [-0.1, -0.05) is 62.7 Å². The van der Waals surface area contributed by atoms with E-state index in [-0.39, 0.29) is 29.7 Å². The Bertz CT molecular complexity index is 1910. The summed E-state index contributed by atoms with van der Waals surface area (Å²) in [7, 11) is 3.17. The highest BCUT2D eigenvalue weighted by atomic mass is 16.3. The van der Waals surface area contributed by atoms with Crippen molar-refractivity contribution in [2.45, 2.75) is 63.6 Å². The Morgan fingerprint density at radius 1 is 1.02 bits per heavy atom. The molecule has 1 amide bonds. The average Bonchev–Trinajstić information content (AvgIpc) is 3.03. The van der Waals surface area contributed by atoms with E-state index in [4.69, 9.17) is 5.73 Å². The van der Waals surface area contributed by atoms with Crippen molar-refractivity contribution in [3.05, 3.63) is 82.1 Å². The standard InChI is InChI=1S/C38H43N3O7/c1-5-9-21(40-6-2)16-19-12-13-24(23-11-8-7-10-22(19)23)25-14-15-28(42)30-26(25)17-20-18-27-32(41(3)4)34(44)31(37(39)47)36(46)38(27,48)35(45)29(20)33(30)43/h7-8,10-15,20-21,27,32,40,42-43,46,48H,5-6,9,16-18H2,1-4H3,(H2,39,47)/t20-,21?,27-,32-,38-/m0/s1. The highest BCUT2D eigenvalue weighted by Gasteiger charge is 2.64. The predicted octanol–water partition coefficient (Wildman–Crippen LogP) is 4.10. The third kappa shape index (κ3) is 5.01. The number of benzene rings is 3. The monoisotopic (exact) mass is 653 g/mol. The zero-order valence-corrected chi connectivity index (χ0v) is 27.7. The number of amides is 1. The third-order valence-electron chi connectivity index (χ3n) is 10.5. The lowest BCUT2D eigenvalue weighted by atomic mass is 9.57. The molecule has 6 rings (SSSR count). The third-order valence-corrected chi connectivity index (χ3v) is 10.5. The van der Waals surface area contributed by atoms with Gasteiger partial charge in [0.15, 0.2) is 11.4 Å². The van der Waals surface area contributed by atoms with Gasteiger partial charge in [-0.3, -0.25) is 19.3 Å². The first-order valence-corrected chi connectivity index (χ1v) is 16.6. The molecule has 3 aliphatic rings. The Labute approximate surface area is 279 Å². The molecule has 0 aliphatic heterocycles. The van der Waals surface area contributed by atoms with Crippen molar-refractivity contribution >= 4 is 34.0 Å². The fraction of sp³-hybridized carbons (Fsp3) is 0.395. The summed E-state index contributed by atoms with van der Waals surface area (Å²) in [6.45, 7) is 5.17. The molecule has 10 nitrogen and oxygen atoms in total. The van der Waals surface area contributed by atoms with Gasteiger partial charge in [-0.15, -0.1) is 0 Å². The zero-order chi connectivity index (χ0) is 34.7. The summed E-state index contributed by atoms with van der Waals surface area (Å²) in [6.07, 6.45) is 3.23. The van der Waals surface area contributed by atoms with Gasteiger partial charge in [-0.05, 0) is 91.3 Å². The number of carbonyl (C=O) groups is 3. The molecule has 5 atom stereocenters. The molecule has 7 N–H and O–H groups in total. The molecule has 10 heteroatoms. The fourth-order valence-electron chi connectivity index (χ4n) is 8.45. The minimum Gasteiger partial charge on any atom is -0.508 e. The molecule has 3 aromatic carbocycles. The number of carbonyl (C=O) groups excluding carboxylic acids is 3. The van der Waals surface area contributed by atoms with Crippen LogP contribution >= 0.6 is 0 Å². The van der Waals surface area contributed by atoms with Crippen molar-refractivity contribution in [1.29, 1.82) is 0 Å². The first-order valence-electron chi connectivity index (χ1n) is 16.6. The molecule has 0 saturated heterocycles. The molecule has 48 heavy (non-hydrogen) atoms. The van der Waals surface area contributed by atoms with E-state index in [0.29, 0.717) is 11.6 Å². The molecule has 1 fully saturated rings. The molecular weight excluding hydrogens is 610 g/mol. The van der Waals surface area contributed by atoms with E-state index in [2.05, 4.69) is 43.4 Å². The van der Waals surface area contributed by atoms with Crippen molar-refractivity contribution in [2.75, 3.05) is 20.6 Å². The first-order chi connectivity index (χ1) is 22.9. The Morgan fingerprint density at radius 3 is 2.35 bits per heavy atom. The second-order valence-corrected chi connectivity index (χ2v) is 13.5. The fourth-order valence-corrected chi connectivity index (χ4v) is 8.45. The van der Waals surface area contributed by atoms with Crippen LogP contribution in [-0.2, 0) is 27.2 Å². The number of ketones is 2. The Kier molecular flexibility index (Phi) is 8.70. The van der Waals surface area contributed by atoms with E-state index >= 15 is 0 Å². The maximum atomic E-state index is 14.2. The van der Waals surface area contributed by atoms with E-state index in [0.717, 1.165) is 47.7 Å². The van der Waals surface area contributed by atoms with Gasteiger partial charge >= 0.3 is 0 Å². The summed E-state index contributed by atoms with van der Waals surface area (Å²) in [5.74, 6) is -6.69. The van der Waals surface area contributed by atoms with Gasteiger partial charge in [-0.25, -0.2) is 0 Å². The molecule has 0 spiro atoms. The number of nitrogens with zero attached hydrogens (tertiary/aromatic N) is 1. The number of likely N-dealkylation sites (N-methyl/N-ethyl adjacent to an activating group) is 2. The Balaban J connectivity index is 1.51. The van der Waals surface area contributed by atoms with Crippen molar-refractivity contribution in [3.63, 3.8) is 0 Å². The first kappa shape index (κ1) is 33.4. The van der Waals surface area contributed by atoms with Gasteiger partial charge in [0.05, 0.1) is 11.6 Å². The maximum absolute atomic E-state index is 14.2. The van der Waals surface area contributed by atoms with Gasteiger partial charge < -0.3 is 31.5 Å². The molecule has 0 heterocycles. The van der Waals surface area contributed by atoms with Crippen LogP contribution in [-0.4, -0.2) is 81.1 Å². The highest BCUT2D eigenvalue weighted by Crippen LogP contribution is 2.54. The number of nitrogens with one attached hydrogen (secondary N) is 1. The lowest BCUT2D eigenvalue weighted by Crippen LogP contribution is -2.65. The molecular formula is C38H43N3O7. The molecule has 0 aromatic heterocycles. The molecule has 1 unspecified atom stereocenters. The van der Waals surface area contributed by atoms with E-state index in [1.807, 2.05) is 18.2 Å². The van der Waals surface area contributed by atoms with Gasteiger partial charge in [0, 0.05) is 17.5 Å². The van der Waals surface area contributed by atoms with Crippen LogP contribution in [0.2, 0.25) is 0 Å². The topological polar surface area (TPSA) is 173 Å². The van der Waals surface area contributed by atoms with E-state index in [1.54, 1.807) is 14.1 Å². The number of Topliss-reactive ketones (excluding diaryl/α,β-unsaturated/α-hetero) is 2. The Hall–Kier alpha value is -4.51. The number of hydrogen-bond donors (Lipinski definition) is 6. The van der Waals surface area contributed by atoms with Crippen molar-refractivity contribution < 1.29 is 34.8 Å². The van der Waals surface area contributed by atoms with Gasteiger partial charge in [-0.2, -0.15) is 0 Å². The number of phenolic OH excluding ortho intramolecular Hbond substituents is 1. The molecule has 3 aliphatic carbocycles. The largest absolute Gasteiger partial charge is 0.508 e. The number of primary amides is 1. The number of phenols is 1. The number of nitrogens with two attached hydrogens (primary N) is 1. The number of aliphatic hydroxyl groups is 3. The SMILES string of the molecule is CCCC(Cc1ccc(-c2ccc(O)c3c2C[C@H]2C[C@H]4[C@H](N(C)C)C(=O)C(C(N)=O)=C(O)[C@@]4(O)C(=O)C2=C3O)c2ccccc12)NCC. The van der Waals surface area contributed by atoms with Crippen LogP contribution in [0.25, 0.3) is 27.7 Å². The molecule has 1 saturated carbocycles. The van der Waals surface area contributed by atoms with Crippen LogP contribution in [0, 0.1) is 11.8 Å². The second kappa shape index (κ2) is 12.5. The van der Waals surface area contributed by atoms with Gasteiger partial charge in [0.1, 0.15) is 22.8 Å². The van der Waals surface area contributed by atoms with Crippen LogP contribution in [0.4, 0.5) is 0 Å². The van der Waals surface area contributed by atoms with Crippen LogP contribution in [0.15, 0.2) is 65.4 Å². The highest BCUT2D eigenvalue weighted by molar-refractivity contribution is 6.24. The van der Waals surface area contributed by atoms with Crippen molar-refractivity contribution in [1.82, 2.24) is 10.2 Å². The quantitative estimate of drug-likeness (QED) is 0.186. The number of hydrogen-bond acceptors (Lipinski definition) is 9. The average molecular weight is 654 g/mol. The summed E-state index contributed by atoms with van der Waals surface area (Å²) in [4.78, 5) is 41.4. The van der Waals surface area contributed by atoms with Crippen LogP contribution in [0.5, 0.6) is 5.75 Å². The van der Waals surface area contributed by atoms with Crippen LogP contribution in [0.1, 0.15) is 49.8 Å². The maximum Gasteiger partial charge on any atom is 0.255 e. The van der Waals surface area contributed by atoms with E-state index in [1.165, 1.54) is 16.5 Å². The van der Waals surface area contributed by atoms with Crippen LogP contribution < -0.4 is 11.1 Å². The summed E-state index contributed by atoms with van der Waals surface area (Å²) in [6, 6.07) is 14.8. The number of aliphatic hydroxyl groups excluding tert-OH is 2. The number of rotatable bonds is 9. The smallest absolute Gasteiger partial charge is 0.255 e. The lowest BCUT2D eigenvalue weighted by molar-refractivity contribution is -0.153.